The van der Waals surface area contributed by atoms with Crippen LogP contribution in [0.2, 0.25) is 0 Å². The maximum Gasteiger partial charge on any atom is 0.306 e. The number of phenols is 1. The Hall–Kier alpha value is -6.43. The van der Waals surface area contributed by atoms with E-state index in [1.54, 1.807) is 18.0 Å². The van der Waals surface area contributed by atoms with Gasteiger partial charge < -0.3 is 45.3 Å². The summed E-state index contributed by atoms with van der Waals surface area (Å²) in [6.45, 7) is 17.1. The van der Waals surface area contributed by atoms with Gasteiger partial charge in [-0.2, -0.15) is 0 Å². The first kappa shape index (κ1) is 71.8. The van der Waals surface area contributed by atoms with Gasteiger partial charge in [-0.3, -0.25) is 57.7 Å². The van der Waals surface area contributed by atoms with E-state index >= 15 is 0 Å². The van der Waals surface area contributed by atoms with Crippen LogP contribution in [0.15, 0.2) is 35.7 Å². The zero-order valence-electron chi connectivity index (χ0n) is 51.4. The number of anilines is 1. The maximum absolute atomic E-state index is 14.4. The number of carbonyl (C=O) groups excluding carboxylic acids is 9. The molecule has 23 heteroatoms. The fourth-order valence-electron chi connectivity index (χ4n) is 9.50. The van der Waals surface area contributed by atoms with E-state index in [1.807, 2.05) is 67.5 Å². The van der Waals surface area contributed by atoms with Crippen molar-refractivity contribution in [2.24, 2.45) is 23.7 Å². The summed E-state index contributed by atoms with van der Waals surface area (Å²) in [5.74, 6) is -6.16. The van der Waals surface area contributed by atoms with Crippen molar-refractivity contribution in [3.8, 4) is 5.75 Å². The second kappa shape index (κ2) is 35.8. The number of thiazole rings is 1. The molecular formula is C61H93N7O15S. The van der Waals surface area contributed by atoms with Gasteiger partial charge in [0.1, 0.15) is 16.5 Å². The molecule has 3 rings (SSSR count). The Balaban J connectivity index is 1.57. The van der Waals surface area contributed by atoms with E-state index < -0.39 is 77.2 Å². The molecular weight excluding hydrogens is 1100 g/mol. The Labute approximate surface area is 499 Å². The quantitative estimate of drug-likeness (QED) is 0.0190. The minimum atomic E-state index is -1.08. The fraction of sp³-hybridized carbons (Fsp3) is 0.656. The van der Waals surface area contributed by atoms with Gasteiger partial charge in [-0.05, 0) is 89.6 Å². The number of aliphatic carboxylic acids is 1. The number of aromatic hydroxyl groups is 1. The number of hydrogen-bond donors (Lipinski definition) is 5. The van der Waals surface area contributed by atoms with E-state index in [9.17, 15) is 58.2 Å². The molecule has 6 amide bonds. The molecule has 1 aromatic carbocycles. The Morgan fingerprint density at radius 2 is 1.49 bits per heavy atom. The highest BCUT2D eigenvalue weighted by atomic mass is 32.1. The van der Waals surface area contributed by atoms with Crippen LogP contribution in [0.5, 0.6) is 5.75 Å². The van der Waals surface area contributed by atoms with Gasteiger partial charge in [0.25, 0.3) is 17.7 Å². The normalized spacial score (nSPS) is 15.0. The minimum absolute atomic E-state index is 0.00342. The van der Waals surface area contributed by atoms with Gasteiger partial charge in [0.15, 0.2) is 17.7 Å². The highest BCUT2D eigenvalue weighted by Crippen LogP contribution is 2.34. The standard InChI is InChI=1S/C61H93N7O15S/c1-13-15-16-19-45(63-53(73)21-17-27-68-55(75)24-25-56(68)76)49(70)20-18-28-81-30-31-82-29-26-54(74)64-46-34-42(22-23-50(46)71)33-43(32-40(6)60(79)80)62-57(77)47-37-84-58(65-47)51(83-41(7)69)36-48(38(3)4)67(12)59(78)44(39(5)14-2)35-52(72)61(8,9)66(10)11/h22-25,34,37-40,43-45,48,51,71H,13-21,26-33,35-36H2,1-12H3,(H,62,77)(H,63,73)(H,64,74)(H,79,80)/t39-,40?,43+,44-,45-,48+,51+/m0/s1. The number of Topliss-reactive ketones (excluding diaryl/α,β-unsaturated/α-hetero) is 2. The minimum Gasteiger partial charge on any atom is -0.506 e. The fourth-order valence-corrected chi connectivity index (χ4v) is 10.3. The molecule has 0 aliphatic carbocycles. The summed E-state index contributed by atoms with van der Waals surface area (Å²) in [6, 6.07) is 2.64. The Morgan fingerprint density at radius 1 is 0.821 bits per heavy atom. The van der Waals surface area contributed by atoms with E-state index in [1.165, 1.54) is 43.5 Å². The molecule has 0 fully saturated rings. The van der Waals surface area contributed by atoms with E-state index in [2.05, 4.69) is 20.9 Å². The van der Waals surface area contributed by atoms with Crippen molar-refractivity contribution in [3.63, 3.8) is 0 Å². The number of aromatic nitrogens is 1. The molecule has 5 N–H and O–H groups in total. The van der Waals surface area contributed by atoms with Crippen molar-refractivity contribution >= 4 is 76.0 Å². The van der Waals surface area contributed by atoms with Crippen LogP contribution in [0, 0.1) is 23.7 Å². The van der Waals surface area contributed by atoms with Gasteiger partial charge in [0.05, 0.1) is 49.4 Å². The topological polar surface area (TPSA) is 298 Å². The average molecular weight is 1200 g/mol. The van der Waals surface area contributed by atoms with Gasteiger partial charge in [-0.15, -0.1) is 11.3 Å². The lowest BCUT2D eigenvalue weighted by molar-refractivity contribution is -0.150. The van der Waals surface area contributed by atoms with Gasteiger partial charge in [0, 0.05) is 88.3 Å². The number of ether oxygens (including phenoxy) is 3. The molecule has 1 unspecified atom stereocenters. The number of carboxylic acid groups (broad SMARTS) is 1. The number of benzene rings is 1. The van der Waals surface area contributed by atoms with Gasteiger partial charge in [0.2, 0.25) is 17.7 Å². The lowest BCUT2D eigenvalue weighted by Crippen LogP contribution is -2.50. The Bertz CT molecular complexity index is 2570. The number of amides is 6. The molecule has 2 aromatic rings. The number of rotatable bonds is 41. The van der Waals surface area contributed by atoms with Crippen LogP contribution in [0.3, 0.4) is 0 Å². The molecule has 2 heterocycles. The van der Waals surface area contributed by atoms with Crippen LogP contribution >= 0.6 is 11.3 Å². The molecule has 1 aromatic heterocycles. The van der Waals surface area contributed by atoms with Crippen LogP contribution in [0.4, 0.5) is 5.69 Å². The molecule has 84 heavy (non-hydrogen) atoms. The first-order valence-electron chi connectivity index (χ1n) is 29.4. The predicted octanol–water partition coefficient (Wildman–Crippen LogP) is 7.22. The van der Waals surface area contributed by atoms with E-state index in [-0.39, 0.29) is 137 Å². The van der Waals surface area contributed by atoms with Crippen molar-refractivity contribution in [1.29, 1.82) is 0 Å². The number of likely N-dealkylation sites (N-methyl/N-ethyl adjacent to an activating group) is 1. The van der Waals surface area contributed by atoms with E-state index in [0.717, 1.165) is 35.5 Å². The molecule has 0 bridgehead atoms. The summed E-state index contributed by atoms with van der Waals surface area (Å²) in [4.78, 5) is 138. The number of esters is 1. The number of hydrogen-bond acceptors (Lipinski definition) is 17. The number of imide groups is 1. The molecule has 22 nitrogen and oxygen atoms in total. The number of carbonyl (C=O) groups is 10. The Kier molecular flexibility index (Phi) is 30.6. The zero-order chi connectivity index (χ0) is 62.8. The predicted molar refractivity (Wildman–Crippen MR) is 318 cm³/mol. The van der Waals surface area contributed by atoms with Gasteiger partial charge in [-0.1, -0.05) is 73.3 Å². The largest absolute Gasteiger partial charge is 0.506 e. The molecule has 468 valence electrons. The number of nitrogens with one attached hydrogen (secondary N) is 3. The SMILES string of the molecule is CCCCC[C@H](NC(=O)CCCN1C(=O)C=CC1=O)C(=O)CCCOCCOCCC(=O)Nc1cc(C[C@@H](CC(C)C(=O)O)NC(=O)c2csc([C@@H](C[C@H](C(C)C)N(C)C(=O)[C@@H](CC(=O)C(C)(C)N(C)C)[C@@H](C)CC)OC(C)=O)n2)ccc1O. The summed E-state index contributed by atoms with van der Waals surface area (Å²) < 4.78 is 17.0. The third-order valence-corrected chi connectivity index (χ3v) is 16.5. The Morgan fingerprint density at radius 3 is 2.10 bits per heavy atom. The summed E-state index contributed by atoms with van der Waals surface area (Å²) in [6.07, 6.45) is 6.45. The van der Waals surface area contributed by atoms with Crippen LogP contribution in [0.25, 0.3) is 0 Å². The number of unbranched alkanes of at least 4 members (excludes halogenated alkanes) is 2. The van der Waals surface area contributed by atoms with Crippen LogP contribution in [0.1, 0.15) is 173 Å². The van der Waals surface area contributed by atoms with Crippen molar-refractivity contribution in [2.75, 3.05) is 59.4 Å². The third-order valence-electron chi connectivity index (χ3n) is 15.5. The monoisotopic (exact) mass is 1200 g/mol. The third kappa shape index (κ3) is 23.6. The number of phenolic OH excluding ortho intramolecular Hbond substituents is 1. The smallest absolute Gasteiger partial charge is 0.306 e. The summed E-state index contributed by atoms with van der Waals surface area (Å²) in [5, 5.41) is 30.8. The first-order chi connectivity index (χ1) is 39.6. The maximum atomic E-state index is 14.4. The van der Waals surface area contributed by atoms with Crippen molar-refractivity contribution in [1.82, 2.24) is 30.3 Å². The zero-order valence-corrected chi connectivity index (χ0v) is 52.2. The summed E-state index contributed by atoms with van der Waals surface area (Å²) in [7, 11) is 5.35. The molecule has 1 aliphatic heterocycles. The van der Waals surface area contributed by atoms with E-state index in [0.29, 0.717) is 29.8 Å². The van der Waals surface area contributed by atoms with Crippen LogP contribution < -0.4 is 16.0 Å². The molecule has 0 spiro atoms. The number of nitrogens with zero attached hydrogens (tertiary/aromatic N) is 4. The van der Waals surface area contributed by atoms with Gasteiger partial charge in [-0.25, -0.2) is 4.98 Å². The van der Waals surface area contributed by atoms with Crippen molar-refractivity contribution in [3.05, 3.63) is 52.0 Å². The molecule has 0 saturated heterocycles. The molecule has 1 aliphatic rings. The number of carboxylic acids is 1. The lowest BCUT2D eigenvalue weighted by atomic mass is 9.81. The lowest BCUT2D eigenvalue weighted by Gasteiger charge is -2.38. The second-order valence-electron chi connectivity index (χ2n) is 22.9. The first-order valence-corrected chi connectivity index (χ1v) is 30.3. The molecule has 7 atom stereocenters. The molecule has 0 radical (unpaired) electrons. The summed E-state index contributed by atoms with van der Waals surface area (Å²) >= 11 is 1.10. The van der Waals surface area contributed by atoms with Crippen LogP contribution in [-0.2, 0) is 63.8 Å². The van der Waals surface area contributed by atoms with Crippen molar-refractivity contribution < 1.29 is 72.4 Å². The van der Waals surface area contributed by atoms with E-state index in [4.69, 9.17) is 14.2 Å². The average Bonchev–Trinajstić information content (AvgIpc) is 4.23. The van der Waals surface area contributed by atoms with Crippen molar-refractivity contribution in [2.45, 2.75) is 182 Å². The summed E-state index contributed by atoms with van der Waals surface area (Å²) in [5.41, 5.74) is -0.136. The second-order valence-corrected chi connectivity index (χ2v) is 23.8. The highest BCUT2D eigenvalue weighted by molar-refractivity contribution is 7.09. The molecule has 0 saturated carbocycles. The van der Waals surface area contributed by atoms with Gasteiger partial charge >= 0.3 is 11.9 Å². The number of ketones is 2. The highest BCUT2D eigenvalue weighted by Gasteiger charge is 2.39. The van der Waals surface area contributed by atoms with Crippen LogP contribution in [-0.4, -0.2) is 167 Å².